The molecule has 2 heterocycles. The molecular formula is C10H14N2O3S. The standard InChI is InChI=1S/C10H14N2O3S/c13-10(14)5-8(9-6-11-7-16-9)12-1-3-15-4-2-12/h6-8H,1-5H2,(H,13,14). The molecule has 1 atom stereocenters. The first-order valence-corrected chi connectivity index (χ1v) is 6.07. The van der Waals surface area contributed by atoms with Crippen LogP contribution in [0.1, 0.15) is 17.3 Å². The number of nitrogens with zero attached hydrogens (tertiary/aromatic N) is 2. The monoisotopic (exact) mass is 242 g/mol. The molecule has 1 aromatic heterocycles. The van der Waals surface area contributed by atoms with Gasteiger partial charge in [-0.25, -0.2) is 0 Å². The maximum Gasteiger partial charge on any atom is 0.305 e. The summed E-state index contributed by atoms with van der Waals surface area (Å²) in [5, 5.41) is 8.94. The number of carbonyl (C=O) groups is 1. The second-order valence-corrected chi connectivity index (χ2v) is 4.58. The minimum atomic E-state index is -0.773. The SMILES string of the molecule is O=C(O)CC(c1cncs1)N1CCOCC1. The third kappa shape index (κ3) is 2.78. The molecule has 0 amide bonds. The quantitative estimate of drug-likeness (QED) is 0.853. The van der Waals surface area contributed by atoms with Crippen molar-refractivity contribution in [1.29, 1.82) is 0 Å². The van der Waals surface area contributed by atoms with Gasteiger partial charge >= 0.3 is 5.97 Å². The van der Waals surface area contributed by atoms with Crippen LogP contribution >= 0.6 is 11.3 Å². The van der Waals surface area contributed by atoms with Crippen LogP contribution in [0.4, 0.5) is 0 Å². The predicted octanol–water partition coefficient (Wildman–Crippen LogP) is 0.991. The molecule has 16 heavy (non-hydrogen) atoms. The molecule has 0 spiro atoms. The molecule has 0 saturated carbocycles. The molecule has 1 aromatic rings. The van der Waals surface area contributed by atoms with E-state index in [-0.39, 0.29) is 12.5 Å². The van der Waals surface area contributed by atoms with Gasteiger partial charge in [0.25, 0.3) is 0 Å². The fourth-order valence-corrected chi connectivity index (χ4v) is 2.61. The van der Waals surface area contributed by atoms with Gasteiger partial charge in [0.1, 0.15) is 0 Å². The molecule has 0 bridgehead atoms. The van der Waals surface area contributed by atoms with E-state index in [1.165, 1.54) is 11.3 Å². The lowest BCUT2D eigenvalue weighted by atomic mass is 10.1. The Labute approximate surface area is 97.7 Å². The lowest BCUT2D eigenvalue weighted by molar-refractivity contribution is -0.139. The molecule has 5 nitrogen and oxygen atoms in total. The summed E-state index contributed by atoms with van der Waals surface area (Å²) < 4.78 is 5.27. The molecule has 1 aliphatic rings. The largest absolute Gasteiger partial charge is 0.481 e. The van der Waals surface area contributed by atoms with Crippen LogP contribution in [0.2, 0.25) is 0 Å². The Morgan fingerprint density at radius 1 is 1.62 bits per heavy atom. The van der Waals surface area contributed by atoms with Gasteiger partial charge in [-0.3, -0.25) is 14.7 Å². The zero-order chi connectivity index (χ0) is 11.4. The number of carboxylic acid groups (broad SMARTS) is 1. The fraction of sp³-hybridized carbons (Fsp3) is 0.600. The normalized spacial score (nSPS) is 19.5. The number of aromatic nitrogens is 1. The van der Waals surface area contributed by atoms with E-state index in [1.54, 1.807) is 11.7 Å². The van der Waals surface area contributed by atoms with E-state index in [4.69, 9.17) is 9.84 Å². The summed E-state index contributed by atoms with van der Waals surface area (Å²) >= 11 is 1.51. The number of morpholine rings is 1. The summed E-state index contributed by atoms with van der Waals surface area (Å²) in [5.74, 6) is -0.773. The maximum atomic E-state index is 10.9. The minimum absolute atomic E-state index is 0.0612. The number of ether oxygens (including phenoxy) is 1. The van der Waals surface area contributed by atoms with Crippen LogP contribution in [0.5, 0.6) is 0 Å². The van der Waals surface area contributed by atoms with Crippen molar-refractivity contribution in [3.63, 3.8) is 0 Å². The van der Waals surface area contributed by atoms with Crippen LogP contribution in [0.15, 0.2) is 11.7 Å². The number of hydrogen-bond donors (Lipinski definition) is 1. The van der Waals surface area contributed by atoms with E-state index >= 15 is 0 Å². The highest BCUT2D eigenvalue weighted by Gasteiger charge is 2.25. The summed E-state index contributed by atoms with van der Waals surface area (Å²) in [7, 11) is 0. The van der Waals surface area contributed by atoms with Gasteiger partial charge in [0.2, 0.25) is 0 Å². The Kier molecular flexibility index (Phi) is 3.87. The number of thiazole rings is 1. The van der Waals surface area contributed by atoms with Gasteiger partial charge < -0.3 is 9.84 Å². The third-order valence-electron chi connectivity index (χ3n) is 2.63. The lowest BCUT2D eigenvalue weighted by Gasteiger charge is -2.32. The summed E-state index contributed by atoms with van der Waals surface area (Å²) in [5.41, 5.74) is 1.74. The van der Waals surface area contributed by atoms with Gasteiger partial charge in [0.15, 0.2) is 0 Å². The lowest BCUT2D eigenvalue weighted by Crippen LogP contribution is -2.39. The summed E-state index contributed by atoms with van der Waals surface area (Å²) in [4.78, 5) is 18.1. The number of hydrogen-bond acceptors (Lipinski definition) is 5. The molecule has 1 unspecified atom stereocenters. The van der Waals surface area contributed by atoms with E-state index in [0.29, 0.717) is 13.2 Å². The van der Waals surface area contributed by atoms with Crippen molar-refractivity contribution in [2.75, 3.05) is 26.3 Å². The highest BCUT2D eigenvalue weighted by atomic mass is 32.1. The molecule has 1 fully saturated rings. The molecule has 0 aromatic carbocycles. The average Bonchev–Trinajstić information content (AvgIpc) is 2.80. The molecule has 0 radical (unpaired) electrons. The van der Waals surface area contributed by atoms with E-state index in [9.17, 15) is 4.79 Å². The van der Waals surface area contributed by atoms with Crippen molar-refractivity contribution in [2.24, 2.45) is 0 Å². The first kappa shape index (κ1) is 11.5. The zero-order valence-corrected chi connectivity index (χ0v) is 9.65. The Morgan fingerprint density at radius 2 is 2.38 bits per heavy atom. The number of rotatable bonds is 4. The first-order chi connectivity index (χ1) is 7.77. The minimum Gasteiger partial charge on any atom is -0.481 e. The molecule has 6 heteroatoms. The van der Waals surface area contributed by atoms with Gasteiger partial charge in [0, 0.05) is 24.2 Å². The van der Waals surface area contributed by atoms with Crippen molar-refractivity contribution < 1.29 is 14.6 Å². The van der Waals surface area contributed by atoms with Crippen molar-refractivity contribution in [1.82, 2.24) is 9.88 Å². The summed E-state index contributed by atoms with van der Waals surface area (Å²) in [6.07, 6.45) is 1.88. The van der Waals surface area contributed by atoms with Crippen LogP contribution in [0.3, 0.4) is 0 Å². The predicted molar refractivity (Wildman–Crippen MR) is 59.5 cm³/mol. The van der Waals surface area contributed by atoms with Crippen molar-refractivity contribution >= 4 is 17.3 Å². The van der Waals surface area contributed by atoms with Crippen molar-refractivity contribution in [3.05, 3.63) is 16.6 Å². The zero-order valence-electron chi connectivity index (χ0n) is 8.83. The van der Waals surface area contributed by atoms with Crippen molar-refractivity contribution in [2.45, 2.75) is 12.5 Å². The van der Waals surface area contributed by atoms with Gasteiger partial charge in [-0.2, -0.15) is 0 Å². The number of carboxylic acids is 1. The van der Waals surface area contributed by atoms with Crippen LogP contribution in [0, 0.1) is 0 Å². The second kappa shape index (κ2) is 5.38. The summed E-state index contributed by atoms with van der Waals surface area (Å²) in [6, 6.07) is -0.0612. The smallest absolute Gasteiger partial charge is 0.305 e. The molecule has 1 aliphatic heterocycles. The number of aliphatic carboxylic acids is 1. The van der Waals surface area contributed by atoms with Gasteiger partial charge in [-0.1, -0.05) is 0 Å². The first-order valence-electron chi connectivity index (χ1n) is 5.19. The average molecular weight is 242 g/mol. The molecule has 2 rings (SSSR count). The van der Waals surface area contributed by atoms with Gasteiger partial charge in [-0.15, -0.1) is 11.3 Å². The van der Waals surface area contributed by atoms with E-state index in [1.807, 2.05) is 0 Å². The highest BCUT2D eigenvalue weighted by molar-refractivity contribution is 7.09. The van der Waals surface area contributed by atoms with E-state index < -0.39 is 5.97 Å². The fourth-order valence-electron chi connectivity index (χ4n) is 1.85. The Bertz CT molecular complexity index is 336. The summed E-state index contributed by atoms with van der Waals surface area (Å²) in [6.45, 7) is 2.93. The Hall–Kier alpha value is -0.980. The molecule has 1 N–H and O–H groups in total. The van der Waals surface area contributed by atoms with Gasteiger partial charge in [0.05, 0.1) is 31.2 Å². The molecule has 88 valence electrons. The van der Waals surface area contributed by atoms with Crippen LogP contribution in [0.25, 0.3) is 0 Å². The van der Waals surface area contributed by atoms with E-state index in [0.717, 1.165) is 18.0 Å². The topological polar surface area (TPSA) is 62.7 Å². The van der Waals surface area contributed by atoms with Gasteiger partial charge in [-0.05, 0) is 0 Å². The Balaban J connectivity index is 2.10. The molecular weight excluding hydrogens is 228 g/mol. The second-order valence-electron chi connectivity index (χ2n) is 3.67. The molecule has 0 aliphatic carbocycles. The third-order valence-corrected chi connectivity index (χ3v) is 3.51. The Morgan fingerprint density at radius 3 is 2.94 bits per heavy atom. The van der Waals surface area contributed by atoms with Crippen LogP contribution in [-0.2, 0) is 9.53 Å². The molecule has 1 saturated heterocycles. The van der Waals surface area contributed by atoms with E-state index in [2.05, 4.69) is 9.88 Å². The van der Waals surface area contributed by atoms with Crippen molar-refractivity contribution in [3.8, 4) is 0 Å². The maximum absolute atomic E-state index is 10.9. The van der Waals surface area contributed by atoms with Crippen LogP contribution < -0.4 is 0 Å². The van der Waals surface area contributed by atoms with Crippen LogP contribution in [-0.4, -0.2) is 47.3 Å². The highest BCUT2D eigenvalue weighted by Crippen LogP contribution is 2.27.